The summed E-state index contributed by atoms with van der Waals surface area (Å²) in [6.07, 6.45) is 3.75. The Morgan fingerprint density at radius 2 is 1.88 bits per heavy atom. The topological polar surface area (TPSA) is 12.0 Å². The predicted octanol–water partition coefficient (Wildman–Crippen LogP) is 4.09. The quantitative estimate of drug-likeness (QED) is 0.755. The maximum absolute atomic E-state index is 3.68. The van der Waals surface area contributed by atoms with Crippen LogP contribution in [0.1, 0.15) is 46.1 Å². The Balaban J connectivity index is 2.20. The zero-order chi connectivity index (χ0) is 12.0. The van der Waals surface area contributed by atoms with E-state index in [0.717, 1.165) is 12.3 Å². The molecule has 0 saturated carbocycles. The highest BCUT2D eigenvalue weighted by atomic mass is 32.1. The Hall–Kier alpha value is -0.340. The van der Waals surface area contributed by atoms with E-state index in [1.54, 1.807) is 11.3 Å². The van der Waals surface area contributed by atoms with Gasteiger partial charge in [0.2, 0.25) is 0 Å². The fraction of sp³-hybridized carbons (Fsp3) is 0.714. The van der Waals surface area contributed by atoms with Gasteiger partial charge >= 0.3 is 0 Å². The van der Waals surface area contributed by atoms with E-state index >= 15 is 0 Å². The van der Waals surface area contributed by atoms with Gasteiger partial charge in [-0.05, 0) is 61.4 Å². The Bertz CT molecular complexity index is 266. The van der Waals surface area contributed by atoms with E-state index in [-0.39, 0.29) is 0 Å². The summed E-state index contributed by atoms with van der Waals surface area (Å²) in [7, 11) is 0. The monoisotopic (exact) mass is 239 g/mol. The summed E-state index contributed by atoms with van der Waals surface area (Å²) >= 11 is 1.79. The molecule has 0 aliphatic heterocycles. The molecule has 1 rings (SSSR count). The Morgan fingerprint density at radius 1 is 1.12 bits per heavy atom. The van der Waals surface area contributed by atoms with Crippen LogP contribution in [-0.2, 0) is 6.42 Å². The van der Waals surface area contributed by atoms with Crippen molar-refractivity contribution in [2.75, 3.05) is 0 Å². The van der Waals surface area contributed by atoms with Gasteiger partial charge in [-0.3, -0.25) is 0 Å². The lowest BCUT2D eigenvalue weighted by Crippen LogP contribution is -2.35. The third-order valence-electron chi connectivity index (χ3n) is 2.87. The minimum absolute atomic E-state index is 0.580. The second-order valence-electron chi connectivity index (χ2n) is 5.28. The molecule has 2 atom stereocenters. The summed E-state index contributed by atoms with van der Waals surface area (Å²) in [4.78, 5) is 0. The zero-order valence-corrected chi connectivity index (χ0v) is 11.8. The molecule has 0 spiro atoms. The molecule has 0 radical (unpaired) electrons. The van der Waals surface area contributed by atoms with Crippen molar-refractivity contribution in [1.82, 2.24) is 5.32 Å². The third-order valence-corrected chi connectivity index (χ3v) is 3.60. The van der Waals surface area contributed by atoms with Gasteiger partial charge in [-0.1, -0.05) is 13.8 Å². The molecule has 2 heteroatoms. The molecule has 0 amide bonds. The predicted molar refractivity (Wildman–Crippen MR) is 74.2 cm³/mol. The van der Waals surface area contributed by atoms with E-state index in [1.807, 2.05) is 0 Å². The first-order valence-electron chi connectivity index (χ1n) is 6.35. The normalized spacial score (nSPS) is 15.3. The number of hydrogen-bond donors (Lipinski definition) is 1. The second-order valence-corrected chi connectivity index (χ2v) is 6.06. The SMILES string of the molecule is CC(C)CCC(C)NC(C)Cc1ccsc1. The summed E-state index contributed by atoms with van der Waals surface area (Å²) in [6, 6.07) is 3.44. The van der Waals surface area contributed by atoms with E-state index in [4.69, 9.17) is 0 Å². The van der Waals surface area contributed by atoms with Crippen molar-refractivity contribution in [3.8, 4) is 0 Å². The number of thiophene rings is 1. The van der Waals surface area contributed by atoms with E-state index < -0.39 is 0 Å². The van der Waals surface area contributed by atoms with Crippen LogP contribution in [0.15, 0.2) is 16.8 Å². The molecule has 1 heterocycles. The first-order valence-corrected chi connectivity index (χ1v) is 7.29. The molecular weight excluding hydrogens is 214 g/mol. The molecule has 0 aliphatic rings. The molecule has 16 heavy (non-hydrogen) atoms. The molecule has 0 aromatic carbocycles. The van der Waals surface area contributed by atoms with E-state index in [9.17, 15) is 0 Å². The molecule has 1 nitrogen and oxygen atoms in total. The minimum Gasteiger partial charge on any atom is -0.311 e. The molecule has 1 aromatic heterocycles. The van der Waals surface area contributed by atoms with E-state index in [2.05, 4.69) is 49.8 Å². The molecule has 0 fully saturated rings. The Kier molecular flexibility index (Phi) is 6.07. The van der Waals surface area contributed by atoms with Crippen LogP contribution < -0.4 is 5.32 Å². The number of rotatable bonds is 7. The molecule has 2 unspecified atom stereocenters. The summed E-state index contributed by atoms with van der Waals surface area (Å²) in [5.41, 5.74) is 1.46. The van der Waals surface area contributed by atoms with Gasteiger partial charge in [-0.25, -0.2) is 0 Å². The fourth-order valence-electron chi connectivity index (χ4n) is 1.97. The highest BCUT2D eigenvalue weighted by Crippen LogP contribution is 2.10. The van der Waals surface area contributed by atoms with Gasteiger partial charge in [-0.2, -0.15) is 11.3 Å². The zero-order valence-electron chi connectivity index (χ0n) is 11.0. The number of nitrogens with one attached hydrogen (secondary N) is 1. The highest BCUT2D eigenvalue weighted by Gasteiger charge is 2.08. The summed E-state index contributed by atoms with van der Waals surface area (Å²) in [5, 5.41) is 8.08. The van der Waals surface area contributed by atoms with Crippen molar-refractivity contribution in [1.29, 1.82) is 0 Å². The lowest BCUT2D eigenvalue weighted by molar-refractivity contribution is 0.410. The Morgan fingerprint density at radius 3 is 2.44 bits per heavy atom. The minimum atomic E-state index is 0.580. The second kappa shape index (κ2) is 7.08. The summed E-state index contributed by atoms with van der Waals surface area (Å²) in [6.45, 7) is 9.17. The molecule has 0 bridgehead atoms. The number of hydrogen-bond acceptors (Lipinski definition) is 2. The van der Waals surface area contributed by atoms with Crippen LogP contribution in [0.4, 0.5) is 0 Å². The molecule has 0 aliphatic carbocycles. The lowest BCUT2D eigenvalue weighted by Gasteiger charge is -2.20. The molecular formula is C14H25NS. The van der Waals surface area contributed by atoms with E-state index in [0.29, 0.717) is 12.1 Å². The van der Waals surface area contributed by atoms with Gasteiger partial charge in [0.1, 0.15) is 0 Å². The largest absolute Gasteiger partial charge is 0.311 e. The van der Waals surface area contributed by atoms with Crippen molar-refractivity contribution in [2.24, 2.45) is 5.92 Å². The van der Waals surface area contributed by atoms with Crippen molar-refractivity contribution in [2.45, 2.75) is 59.0 Å². The van der Waals surface area contributed by atoms with Gasteiger partial charge < -0.3 is 5.32 Å². The molecule has 0 saturated heterocycles. The summed E-state index contributed by atoms with van der Waals surface area (Å²) < 4.78 is 0. The van der Waals surface area contributed by atoms with Crippen molar-refractivity contribution in [3.05, 3.63) is 22.4 Å². The smallest absolute Gasteiger partial charge is 0.00819 e. The maximum atomic E-state index is 3.68. The average molecular weight is 239 g/mol. The fourth-order valence-corrected chi connectivity index (χ4v) is 2.66. The van der Waals surface area contributed by atoms with Gasteiger partial charge in [0.05, 0.1) is 0 Å². The van der Waals surface area contributed by atoms with Crippen LogP contribution in [-0.4, -0.2) is 12.1 Å². The Labute approximate surface area is 104 Å². The van der Waals surface area contributed by atoms with E-state index in [1.165, 1.54) is 18.4 Å². The average Bonchev–Trinajstić information content (AvgIpc) is 2.67. The van der Waals surface area contributed by atoms with Crippen LogP contribution in [0.25, 0.3) is 0 Å². The lowest BCUT2D eigenvalue weighted by atomic mass is 10.0. The van der Waals surface area contributed by atoms with Crippen LogP contribution in [0.2, 0.25) is 0 Å². The molecule has 92 valence electrons. The van der Waals surface area contributed by atoms with Gasteiger partial charge in [0.15, 0.2) is 0 Å². The van der Waals surface area contributed by atoms with Crippen LogP contribution in [0, 0.1) is 5.92 Å². The first kappa shape index (κ1) is 13.7. The van der Waals surface area contributed by atoms with Crippen molar-refractivity contribution < 1.29 is 0 Å². The maximum Gasteiger partial charge on any atom is 0.00819 e. The van der Waals surface area contributed by atoms with Crippen LogP contribution in [0.3, 0.4) is 0 Å². The van der Waals surface area contributed by atoms with Crippen molar-refractivity contribution >= 4 is 11.3 Å². The van der Waals surface area contributed by atoms with Gasteiger partial charge in [0.25, 0.3) is 0 Å². The summed E-state index contributed by atoms with van der Waals surface area (Å²) in [5.74, 6) is 0.816. The third kappa shape index (κ3) is 5.66. The first-order chi connectivity index (χ1) is 7.58. The van der Waals surface area contributed by atoms with Crippen LogP contribution >= 0.6 is 11.3 Å². The van der Waals surface area contributed by atoms with Crippen molar-refractivity contribution in [3.63, 3.8) is 0 Å². The van der Waals surface area contributed by atoms with Crippen LogP contribution in [0.5, 0.6) is 0 Å². The molecule has 1 N–H and O–H groups in total. The molecule has 1 aromatic rings. The van der Waals surface area contributed by atoms with Gasteiger partial charge in [0, 0.05) is 12.1 Å². The highest BCUT2D eigenvalue weighted by molar-refractivity contribution is 7.07. The standard InChI is InChI=1S/C14H25NS/c1-11(2)5-6-12(3)15-13(4)9-14-7-8-16-10-14/h7-8,10-13,15H,5-6,9H2,1-4H3. The van der Waals surface area contributed by atoms with Gasteiger partial charge in [-0.15, -0.1) is 0 Å².